The fourth-order valence-corrected chi connectivity index (χ4v) is 2.58. The lowest BCUT2D eigenvalue weighted by Gasteiger charge is -2.08. The standard InChI is InChI=1S/C18H20N2/c1-12-5-7-16(8-6-12)11-20-15(4)19-17-9-13(2)14(3)10-18(17)20/h5-10H,11H2,1-4H3. The third-order valence-corrected chi connectivity index (χ3v) is 4.02. The number of imidazole rings is 1. The summed E-state index contributed by atoms with van der Waals surface area (Å²) in [6.07, 6.45) is 0. The summed E-state index contributed by atoms with van der Waals surface area (Å²) in [4.78, 5) is 4.69. The van der Waals surface area contributed by atoms with Gasteiger partial charge in [0.2, 0.25) is 0 Å². The summed E-state index contributed by atoms with van der Waals surface area (Å²) in [5.74, 6) is 1.07. The van der Waals surface area contributed by atoms with Gasteiger partial charge in [0.05, 0.1) is 11.0 Å². The lowest BCUT2D eigenvalue weighted by Crippen LogP contribution is -2.02. The van der Waals surface area contributed by atoms with Gasteiger partial charge in [-0.2, -0.15) is 0 Å². The second-order valence-electron chi connectivity index (χ2n) is 5.66. The first-order valence-corrected chi connectivity index (χ1v) is 7.04. The number of rotatable bonds is 2. The molecule has 0 amide bonds. The molecule has 2 heteroatoms. The number of hydrogen-bond acceptors (Lipinski definition) is 1. The highest BCUT2D eigenvalue weighted by Gasteiger charge is 2.09. The molecular formula is C18H20N2. The normalized spacial score (nSPS) is 11.2. The highest BCUT2D eigenvalue weighted by Crippen LogP contribution is 2.21. The Kier molecular flexibility index (Phi) is 3.09. The van der Waals surface area contributed by atoms with Gasteiger partial charge in [0, 0.05) is 6.54 Å². The molecule has 0 aliphatic carbocycles. The second-order valence-corrected chi connectivity index (χ2v) is 5.66. The summed E-state index contributed by atoms with van der Waals surface area (Å²) >= 11 is 0. The molecule has 0 saturated carbocycles. The maximum Gasteiger partial charge on any atom is 0.107 e. The second kappa shape index (κ2) is 4.78. The van der Waals surface area contributed by atoms with Gasteiger partial charge in [0.15, 0.2) is 0 Å². The van der Waals surface area contributed by atoms with E-state index in [0.29, 0.717) is 0 Å². The molecule has 1 heterocycles. The SMILES string of the molecule is Cc1ccc(Cn2c(C)nc3cc(C)c(C)cc32)cc1. The van der Waals surface area contributed by atoms with E-state index in [9.17, 15) is 0 Å². The molecule has 3 aromatic rings. The minimum Gasteiger partial charge on any atom is -0.324 e. The molecule has 0 spiro atoms. The van der Waals surface area contributed by atoms with Gasteiger partial charge in [0.25, 0.3) is 0 Å². The molecule has 0 atom stereocenters. The Morgan fingerprint density at radius 1 is 0.900 bits per heavy atom. The third-order valence-electron chi connectivity index (χ3n) is 4.02. The first-order valence-electron chi connectivity index (χ1n) is 7.04. The number of aryl methyl sites for hydroxylation is 4. The number of hydrogen-bond donors (Lipinski definition) is 0. The number of nitrogens with zero attached hydrogens (tertiary/aromatic N) is 2. The zero-order chi connectivity index (χ0) is 14.3. The van der Waals surface area contributed by atoms with Gasteiger partial charge in [-0.3, -0.25) is 0 Å². The van der Waals surface area contributed by atoms with E-state index in [4.69, 9.17) is 4.98 Å². The molecule has 0 unspecified atom stereocenters. The smallest absolute Gasteiger partial charge is 0.107 e. The summed E-state index contributed by atoms with van der Waals surface area (Å²) < 4.78 is 2.30. The van der Waals surface area contributed by atoms with Crippen LogP contribution in [0.25, 0.3) is 11.0 Å². The molecule has 2 nitrogen and oxygen atoms in total. The molecule has 3 rings (SSSR count). The fourth-order valence-electron chi connectivity index (χ4n) is 2.58. The van der Waals surface area contributed by atoms with Crippen molar-refractivity contribution in [1.82, 2.24) is 9.55 Å². The summed E-state index contributed by atoms with van der Waals surface area (Å²) in [5.41, 5.74) is 7.56. The van der Waals surface area contributed by atoms with Crippen LogP contribution in [0.15, 0.2) is 36.4 Å². The van der Waals surface area contributed by atoms with Gasteiger partial charge in [0.1, 0.15) is 5.82 Å². The van der Waals surface area contributed by atoms with Crippen LogP contribution in [0.3, 0.4) is 0 Å². The summed E-state index contributed by atoms with van der Waals surface area (Å²) in [5, 5.41) is 0. The maximum absolute atomic E-state index is 4.69. The first-order chi connectivity index (χ1) is 9.54. The quantitative estimate of drug-likeness (QED) is 0.674. The van der Waals surface area contributed by atoms with Gasteiger partial charge < -0.3 is 4.57 Å². The number of fused-ring (bicyclic) bond motifs is 1. The molecule has 20 heavy (non-hydrogen) atoms. The van der Waals surface area contributed by atoms with Crippen molar-refractivity contribution in [2.75, 3.05) is 0 Å². The Balaban J connectivity index is 2.08. The van der Waals surface area contributed by atoms with Crippen LogP contribution in [-0.2, 0) is 6.54 Å². The lowest BCUT2D eigenvalue weighted by atomic mass is 10.1. The maximum atomic E-state index is 4.69. The van der Waals surface area contributed by atoms with Crippen LogP contribution in [0.4, 0.5) is 0 Å². The number of benzene rings is 2. The molecule has 0 saturated heterocycles. The van der Waals surface area contributed by atoms with Crippen molar-refractivity contribution in [3.05, 3.63) is 64.5 Å². The minimum absolute atomic E-state index is 0.880. The molecule has 0 radical (unpaired) electrons. The zero-order valence-electron chi connectivity index (χ0n) is 12.6. The van der Waals surface area contributed by atoms with E-state index in [1.54, 1.807) is 0 Å². The van der Waals surface area contributed by atoms with Crippen molar-refractivity contribution in [2.45, 2.75) is 34.2 Å². The summed E-state index contributed by atoms with van der Waals surface area (Å²) in [6, 6.07) is 13.2. The molecule has 1 aromatic heterocycles. The van der Waals surface area contributed by atoms with E-state index in [-0.39, 0.29) is 0 Å². The van der Waals surface area contributed by atoms with E-state index in [1.165, 1.54) is 27.8 Å². The van der Waals surface area contributed by atoms with Crippen molar-refractivity contribution in [2.24, 2.45) is 0 Å². The Morgan fingerprint density at radius 2 is 1.55 bits per heavy atom. The topological polar surface area (TPSA) is 17.8 Å². The highest BCUT2D eigenvalue weighted by molar-refractivity contribution is 5.78. The van der Waals surface area contributed by atoms with E-state index in [1.807, 2.05) is 0 Å². The molecule has 0 aliphatic heterocycles. The van der Waals surface area contributed by atoms with Crippen molar-refractivity contribution >= 4 is 11.0 Å². The molecular weight excluding hydrogens is 244 g/mol. The van der Waals surface area contributed by atoms with Crippen molar-refractivity contribution < 1.29 is 0 Å². The fraction of sp³-hybridized carbons (Fsp3) is 0.278. The first kappa shape index (κ1) is 12.9. The lowest BCUT2D eigenvalue weighted by molar-refractivity contribution is 0.785. The highest BCUT2D eigenvalue weighted by atomic mass is 15.1. The summed E-state index contributed by atoms with van der Waals surface area (Å²) in [7, 11) is 0. The number of aromatic nitrogens is 2. The van der Waals surface area contributed by atoms with Gasteiger partial charge in [-0.25, -0.2) is 4.98 Å². The van der Waals surface area contributed by atoms with Crippen LogP contribution in [0.2, 0.25) is 0 Å². The van der Waals surface area contributed by atoms with Gasteiger partial charge in [-0.05, 0) is 56.5 Å². The van der Waals surface area contributed by atoms with Crippen molar-refractivity contribution in [3.8, 4) is 0 Å². The van der Waals surface area contributed by atoms with Crippen LogP contribution >= 0.6 is 0 Å². The predicted molar refractivity (Wildman–Crippen MR) is 84.2 cm³/mol. The van der Waals surface area contributed by atoms with Crippen molar-refractivity contribution in [3.63, 3.8) is 0 Å². The van der Waals surface area contributed by atoms with Crippen LogP contribution in [-0.4, -0.2) is 9.55 Å². The Labute approximate surface area is 120 Å². The van der Waals surface area contributed by atoms with E-state index in [2.05, 4.69) is 68.7 Å². The largest absolute Gasteiger partial charge is 0.324 e. The molecule has 0 bridgehead atoms. The molecule has 102 valence electrons. The molecule has 0 fully saturated rings. The van der Waals surface area contributed by atoms with E-state index < -0.39 is 0 Å². The van der Waals surface area contributed by atoms with Gasteiger partial charge in [-0.15, -0.1) is 0 Å². The van der Waals surface area contributed by atoms with Crippen LogP contribution in [0, 0.1) is 27.7 Å². The third kappa shape index (κ3) is 2.22. The van der Waals surface area contributed by atoms with Gasteiger partial charge in [-0.1, -0.05) is 29.8 Å². The molecule has 0 aliphatic rings. The Bertz CT molecular complexity index is 764. The Hall–Kier alpha value is -2.09. The van der Waals surface area contributed by atoms with Gasteiger partial charge >= 0.3 is 0 Å². The van der Waals surface area contributed by atoms with E-state index in [0.717, 1.165) is 17.9 Å². The molecule has 2 aromatic carbocycles. The van der Waals surface area contributed by atoms with Crippen LogP contribution < -0.4 is 0 Å². The van der Waals surface area contributed by atoms with Crippen LogP contribution in [0.1, 0.15) is 28.1 Å². The zero-order valence-corrected chi connectivity index (χ0v) is 12.6. The summed E-state index contributed by atoms with van der Waals surface area (Å²) in [6.45, 7) is 9.38. The predicted octanol–water partition coefficient (Wildman–Crippen LogP) is 4.32. The van der Waals surface area contributed by atoms with E-state index >= 15 is 0 Å². The average Bonchev–Trinajstić information content (AvgIpc) is 2.69. The minimum atomic E-state index is 0.880. The van der Waals surface area contributed by atoms with Crippen LogP contribution in [0.5, 0.6) is 0 Å². The average molecular weight is 264 g/mol. The monoisotopic (exact) mass is 264 g/mol. The van der Waals surface area contributed by atoms with Crippen molar-refractivity contribution in [1.29, 1.82) is 0 Å². The molecule has 0 N–H and O–H groups in total. The Morgan fingerprint density at radius 3 is 2.25 bits per heavy atom.